The lowest BCUT2D eigenvalue weighted by atomic mass is 10.1. The van der Waals surface area contributed by atoms with E-state index in [9.17, 15) is 0 Å². The first kappa shape index (κ1) is 39.8. The van der Waals surface area contributed by atoms with Gasteiger partial charge in [0.25, 0.3) is 0 Å². The third-order valence-electron chi connectivity index (χ3n) is 12.0. The standard InChI is InChI=1S/C51H50N10O2/c1-58-44-24-14-10-20-36(44)54-48(58)40-30-34(31-41(52-40)49-55-37-21-11-15-25-45(37)59(49)2)62-28-18-8-6-5-7-9-19-29-63-35-32-42(50-56-38-22-12-16-26-46(38)60(50)3)53-43(33-35)51-57-39-23-13-17-27-47(39)61(51)4/h10-17,20-27,30-33H,5-9,18-19,28-29H2,1-4H3. The van der Waals surface area contributed by atoms with E-state index >= 15 is 0 Å². The quantitative estimate of drug-likeness (QED) is 0.0884. The molecule has 12 heteroatoms. The largest absolute Gasteiger partial charge is 0.493 e. The second-order valence-corrected chi connectivity index (χ2v) is 16.3. The van der Waals surface area contributed by atoms with Crippen molar-refractivity contribution in [2.24, 2.45) is 28.2 Å². The average Bonchev–Trinajstić information content (AvgIpc) is 4.05. The average molecular weight is 835 g/mol. The van der Waals surface area contributed by atoms with E-state index in [1.54, 1.807) is 0 Å². The Morgan fingerprint density at radius 1 is 0.333 bits per heavy atom. The summed E-state index contributed by atoms with van der Waals surface area (Å²) in [5.41, 5.74) is 11.0. The Balaban J connectivity index is 0.746. The maximum absolute atomic E-state index is 6.43. The topological polar surface area (TPSA) is 116 Å². The van der Waals surface area contributed by atoms with Gasteiger partial charge in [-0.3, -0.25) is 0 Å². The predicted octanol–water partition coefficient (Wildman–Crippen LogP) is 10.9. The number of ether oxygens (including phenoxy) is 2. The van der Waals surface area contributed by atoms with Crippen LogP contribution in [0.1, 0.15) is 44.9 Å². The lowest BCUT2D eigenvalue weighted by molar-refractivity contribution is 0.299. The van der Waals surface area contributed by atoms with Gasteiger partial charge in [-0.15, -0.1) is 0 Å². The molecule has 0 aliphatic carbocycles. The van der Waals surface area contributed by atoms with Crippen molar-refractivity contribution in [2.75, 3.05) is 13.2 Å². The van der Waals surface area contributed by atoms with Crippen molar-refractivity contribution >= 4 is 44.1 Å². The van der Waals surface area contributed by atoms with Gasteiger partial charge in [-0.25, -0.2) is 29.9 Å². The smallest absolute Gasteiger partial charge is 0.159 e. The van der Waals surface area contributed by atoms with Crippen LogP contribution in [0, 0.1) is 0 Å². The summed E-state index contributed by atoms with van der Waals surface area (Å²) in [5, 5.41) is 0. The molecule has 10 aromatic rings. The molecule has 0 spiro atoms. The van der Waals surface area contributed by atoms with Crippen molar-refractivity contribution in [2.45, 2.75) is 44.9 Å². The molecule has 0 aliphatic heterocycles. The van der Waals surface area contributed by atoms with E-state index in [0.29, 0.717) is 13.2 Å². The molecule has 0 bridgehead atoms. The first-order valence-electron chi connectivity index (χ1n) is 21.9. The number of hydrogen-bond acceptors (Lipinski definition) is 8. The molecule has 0 radical (unpaired) electrons. The molecule has 316 valence electrons. The van der Waals surface area contributed by atoms with Crippen LogP contribution in [0.25, 0.3) is 90.2 Å². The number of unbranched alkanes of at least 4 members (excludes halogenated alkanes) is 6. The van der Waals surface area contributed by atoms with E-state index in [-0.39, 0.29) is 0 Å². The maximum Gasteiger partial charge on any atom is 0.159 e. The molecular formula is C51H50N10O2. The van der Waals surface area contributed by atoms with Crippen LogP contribution in [0.4, 0.5) is 0 Å². The summed E-state index contributed by atoms with van der Waals surface area (Å²) in [6, 6.07) is 40.6. The molecule has 0 saturated heterocycles. The van der Waals surface area contributed by atoms with Crippen LogP contribution < -0.4 is 9.47 Å². The van der Waals surface area contributed by atoms with E-state index < -0.39 is 0 Å². The highest BCUT2D eigenvalue weighted by molar-refractivity contribution is 5.84. The minimum atomic E-state index is 0.625. The zero-order chi connectivity index (χ0) is 42.9. The summed E-state index contributed by atoms with van der Waals surface area (Å²) < 4.78 is 21.2. The Morgan fingerprint density at radius 3 is 0.857 bits per heavy atom. The predicted molar refractivity (Wildman–Crippen MR) is 251 cm³/mol. The molecule has 0 amide bonds. The third-order valence-corrected chi connectivity index (χ3v) is 12.0. The highest BCUT2D eigenvalue weighted by Crippen LogP contribution is 2.33. The fraction of sp³-hybridized carbons (Fsp3) is 0.255. The van der Waals surface area contributed by atoms with Crippen LogP contribution >= 0.6 is 0 Å². The second-order valence-electron chi connectivity index (χ2n) is 16.3. The van der Waals surface area contributed by atoms with Crippen molar-refractivity contribution < 1.29 is 9.47 Å². The highest BCUT2D eigenvalue weighted by Gasteiger charge is 2.20. The van der Waals surface area contributed by atoms with Crippen molar-refractivity contribution in [1.29, 1.82) is 0 Å². The first-order chi connectivity index (χ1) is 30.9. The Morgan fingerprint density at radius 2 is 0.587 bits per heavy atom. The molecular weight excluding hydrogens is 785 g/mol. The van der Waals surface area contributed by atoms with Crippen LogP contribution in [-0.2, 0) is 28.2 Å². The summed E-state index contributed by atoms with van der Waals surface area (Å²) in [6.45, 7) is 1.25. The number of benzene rings is 4. The zero-order valence-corrected chi connectivity index (χ0v) is 36.2. The molecule has 0 saturated carbocycles. The summed E-state index contributed by atoms with van der Waals surface area (Å²) >= 11 is 0. The van der Waals surface area contributed by atoms with Gasteiger partial charge in [0.1, 0.15) is 34.3 Å². The molecule has 0 atom stereocenters. The molecule has 12 nitrogen and oxygen atoms in total. The third kappa shape index (κ3) is 7.88. The lowest BCUT2D eigenvalue weighted by Crippen LogP contribution is -2.03. The summed E-state index contributed by atoms with van der Waals surface area (Å²) in [7, 11) is 8.13. The van der Waals surface area contributed by atoms with E-state index in [0.717, 1.165) is 140 Å². The number of pyridine rings is 2. The fourth-order valence-corrected chi connectivity index (χ4v) is 8.60. The highest BCUT2D eigenvalue weighted by atomic mass is 16.5. The zero-order valence-electron chi connectivity index (χ0n) is 36.2. The minimum absolute atomic E-state index is 0.625. The normalized spacial score (nSPS) is 11.7. The second kappa shape index (κ2) is 17.2. The molecule has 6 heterocycles. The van der Waals surface area contributed by atoms with Crippen LogP contribution in [0.5, 0.6) is 11.5 Å². The monoisotopic (exact) mass is 834 g/mol. The fourth-order valence-electron chi connectivity index (χ4n) is 8.60. The summed E-state index contributed by atoms with van der Waals surface area (Å²) in [4.78, 5) is 30.0. The van der Waals surface area contributed by atoms with E-state index in [1.807, 2.05) is 125 Å². The van der Waals surface area contributed by atoms with Gasteiger partial charge < -0.3 is 27.7 Å². The van der Waals surface area contributed by atoms with Crippen LogP contribution in [-0.4, -0.2) is 61.4 Å². The molecule has 0 unspecified atom stereocenters. The molecule has 0 aliphatic rings. The van der Waals surface area contributed by atoms with Gasteiger partial charge in [-0.2, -0.15) is 0 Å². The van der Waals surface area contributed by atoms with E-state index in [2.05, 4.69) is 42.5 Å². The number of para-hydroxylation sites is 8. The first-order valence-corrected chi connectivity index (χ1v) is 21.9. The summed E-state index contributed by atoms with van der Waals surface area (Å²) in [5.74, 6) is 4.70. The van der Waals surface area contributed by atoms with Crippen molar-refractivity contribution in [3.05, 3.63) is 121 Å². The number of rotatable bonds is 16. The number of fused-ring (bicyclic) bond motifs is 4. The minimum Gasteiger partial charge on any atom is -0.493 e. The Labute approximate surface area is 365 Å². The van der Waals surface area contributed by atoms with Gasteiger partial charge in [0, 0.05) is 52.5 Å². The summed E-state index contributed by atoms with van der Waals surface area (Å²) in [6.07, 6.45) is 7.63. The number of aryl methyl sites for hydroxylation is 4. The van der Waals surface area contributed by atoms with Gasteiger partial charge in [-0.1, -0.05) is 80.6 Å². The van der Waals surface area contributed by atoms with Crippen molar-refractivity contribution in [1.82, 2.24) is 48.2 Å². The van der Waals surface area contributed by atoms with Crippen LogP contribution in [0.3, 0.4) is 0 Å². The Bertz CT molecular complexity index is 2830. The van der Waals surface area contributed by atoms with Gasteiger partial charge in [-0.05, 0) is 61.4 Å². The lowest BCUT2D eigenvalue weighted by Gasteiger charge is -2.12. The van der Waals surface area contributed by atoms with Crippen LogP contribution in [0.15, 0.2) is 121 Å². The van der Waals surface area contributed by atoms with Gasteiger partial charge >= 0.3 is 0 Å². The Kier molecular flexibility index (Phi) is 10.9. The maximum atomic E-state index is 6.43. The molecule has 0 fully saturated rings. The van der Waals surface area contributed by atoms with Crippen molar-refractivity contribution in [3.8, 4) is 57.6 Å². The molecule has 0 N–H and O–H groups in total. The van der Waals surface area contributed by atoms with Gasteiger partial charge in [0.2, 0.25) is 0 Å². The molecule has 6 aromatic heterocycles. The molecule has 4 aromatic carbocycles. The molecule has 63 heavy (non-hydrogen) atoms. The van der Waals surface area contributed by atoms with Crippen LogP contribution in [0.2, 0.25) is 0 Å². The number of nitrogens with zero attached hydrogens (tertiary/aromatic N) is 10. The SMILES string of the molecule is Cn1c(-c2cc(OCCCCCCCCCOc3cc(-c4nc5ccccc5n4C)nc(-c4nc5ccccc5n4C)c3)cc(-c3nc4ccccc4n3C)n2)nc2ccccc21. The number of imidazole rings is 4. The van der Waals surface area contributed by atoms with E-state index in [4.69, 9.17) is 39.4 Å². The van der Waals surface area contributed by atoms with Gasteiger partial charge in [0.05, 0.1) is 57.3 Å². The number of aromatic nitrogens is 10. The van der Waals surface area contributed by atoms with E-state index in [1.165, 1.54) is 6.42 Å². The van der Waals surface area contributed by atoms with Gasteiger partial charge in [0.15, 0.2) is 23.3 Å². The molecule has 10 rings (SSSR count). The Hall–Kier alpha value is -7.34. The number of hydrogen-bond donors (Lipinski definition) is 0. The van der Waals surface area contributed by atoms with Crippen molar-refractivity contribution in [3.63, 3.8) is 0 Å².